The molecule has 1 amide bonds. The predicted molar refractivity (Wildman–Crippen MR) is 84.2 cm³/mol. The van der Waals surface area contributed by atoms with Crippen molar-refractivity contribution in [3.63, 3.8) is 0 Å². The van der Waals surface area contributed by atoms with Crippen LogP contribution in [0.1, 0.15) is 23.3 Å². The van der Waals surface area contributed by atoms with E-state index in [0.717, 1.165) is 37.2 Å². The first-order chi connectivity index (χ1) is 10.3. The molecule has 0 unspecified atom stereocenters. The maximum absolute atomic E-state index is 12.4. The Bertz CT molecular complexity index is 612. The van der Waals surface area contributed by atoms with Crippen LogP contribution in [0.4, 0.5) is 0 Å². The fourth-order valence-corrected chi connectivity index (χ4v) is 2.87. The molecule has 21 heavy (non-hydrogen) atoms. The summed E-state index contributed by atoms with van der Waals surface area (Å²) in [4.78, 5) is 12.4. The molecule has 0 radical (unpaired) electrons. The van der Waals surface area contributed by atoms with E-state index in [0.29, 0.717) is 5.69 Å². The van der Waals surface area contributed by atoms with Gasteiger partial charge in [0.2, 0.25) is 0 Å². The fraction of sp³-hybridized carbons (Fsp3) is 0.353. The zero-order chi connectivity index (χ0) is 14.7. The molecule has 1 fully saturated rings. The minimum Gasteiger partial charge on any atom is -0.347 e. The lowest BCUT2D eigenvalue weighted by molar-refractivity contribution is 0.0922. The molecule has 1 aromatic heterocycles. The number of aromatic nitrogens is 1. The van der Waals surface area contributed by atoms with Gasteiger partial charge in [0.25, 0.3) is 5.91 Å². The number of nitrogens with one attached hydrogen (secondary N) is 2. The predicted octanol–water partition coefficient (Wildman–Crippen LogP) is 2.17. The molecule has 4 heteroatoms. The smallest absolute Gasteiger partial charge is 0.268 e. The van der Waals surface area contributed by atoms with Crippen molar-refractivity contribution in [2.45, 2.75) is 18.9 Å². The van der Waals surface area contributed by atoms with Gasteiger partial charge < -0.3 is 15.2 Å². The van der Waals surface area contributed by atoms with E-state index in [1.165, 1.54) is 0 Å². The highest BCUT2D eigenvalue weighted by molar-refractivity contribution is 5.94. The van der Waals surface area contributed by atoms with Crippen LogP contribution in [0.2, 0.25) is 0 Å². The van der Waals surface area contributed by atoms with Crippen LogP contribution in [-0.2, 0) is 7.05 Å². The molecule has 2 N–H and O–H groups in total. The standard InChI is InChI=1S/C17H21N3O/c1-20-15(13-6-3-2-4-7-13)9-10-16(20)17(21)19-14-8-5-11-18-12-14/h2-4,6-7,9-10,14,18H,5,8,11-12H2,1H3,(H,19,21)/t14-/m0/s1. The number of hydrogen-bond acceptors (Lipinski definition) is 2. The Hall–Kier alpha value is -2.07. The van der Waals surface area contributed by atoms with Crippen LogP contribution in [0.3, 0.4) is 0 Å². The molecule has 4 nitrogen and oxygen atoms in total. The van der Waals surface area contributed by atoms with Gasteiger partial charge in [0, 0.05) is 25.3 Å². The van der Waals surface area contributed by atoms with Crippen LogP contribution in [-0.4, -0.2) is 29.6 Å². The lowest BCUT2D eigenvalue weighted by atomic mass is 10.1. The number of rotatable bonds is 3. The fourth-order valence-electron chi connectivity index (χ4n) is 2.87. The van der Waals surface area contributed by atoms with Crippen LogP contribution in [0.5, 0.6) is 0 Å². The molecule has 1 aromatic carbocycles. The summed E-state index contributed by atoms with van der Waals surface area (Å²) in [6, 6.07) is 14.3. The van der Waals surface area contributed by atoms with Gasteiger partial charge >= 0.3 is 0 Å². The Kier molecular flexibility index (Phi) is 4.06. The molecule has 1 aliphatic heterocycles. The van der Waals surface area contributed by atoms with E-state index in [2.05, 4.69) is 22.8 Å². The van der Waals surface area contributed by atoms with Crippen molar-refractivity contribution < 1.29 is 4.79 Å². The van der Waals surface area contributed by atoms with Crippen LogP contribution < -0.4 is 10.6 Å². The summed E-state index contributed by atoms with van der Waals surface area (Å²) in [5, 5.41) is 6.43. The van der Waals surface area contributed by atoms with E-state index in [1.807, 2.05) is 41.9 Å². The molecule has 3 rings (SSSR count). The van der Waals surface area contributed by atoms with E-state index >= 15 is 0 Å². The number of carbonyl (C=O) groups is 1. The third-order valence-electron chi connectivity index (χ3n) is 4.06. The number of hydrogen-bond donors (Lipinski definition) is 2. The molecule has 0 saturated carbocycles. The van der Waals surface area contributed by atoms with Crippen LogP contribution >= 0.6 is 0 Å². The van der Waals surface area contributed by atoms with Gasteiger partial charge in [0.1, 0.15) is 5.69 Å². The van der Waals surface area contributed by atoms with Crippen LogP contribution in [0.15, 0.2) is 42.5 Å². The van der Waals surface area contributed by atoms with Crippen molar-refractivity contribution in [2.24, 2.45) is 7.05 Å². The Morgan fingerprint density at radius 1 is 1.24 bits per heavy atom. The molecule has 0 aliphatic carbocycles. The van der Waals surface area contributed by atoms with Gasteiger partial charge in [-0.2, -0.15) is 0 Å². The normalized spacial score (nSPS) is 18.4. The SMILES string of the molecule is Cn1c(C(=O)N[C@H]2CCCNC2)ccc1-c1ccccc1. The highest BCUT2D eigenvalue weighted by atomic mass is 16.2. The van der Waals surface area contributed by atoms with E-state index in [9.17, 15) is 4.79 Å². The highest BCUT2D eigenvalue weighted by Crippen LogP contribution is 2.21. The second-order valence-electron chi connectivity index (χ2n) is 5.55. The summed E-state index contributed by atoms with van der Waals surface area (Å²) >= 11 is 0. The van der Waals surface area contributed by atoms with Gasteiger partial charge in [0.15, 0.2) is 0 Å². The number of carbonyl (C=O) groups excluding carboxylic acids is 1. The van der Waals surface area contributed by atoms with Crippen molar-refractivity contribution in [1.29, 1.82) is 0 Å². The molecule has 0 bridgehead atoms. The Morgan fingerprint density at radius 3 is 2.76 bits per heavy atom. The minimum absolute atomic E-state index is 0.00776. The second-order valence-corrected chi connectivity index (χ2v) is 5.55. The lowest BCUT2D eigenvalue weighted by Gasteiger charge is -2.23. The Labute approximate surface area is 125 Å². The monoisotopic (exact) mass is 283 g/mol. The summed E-state index contributed by atoms with van der Waals surface area (Å²) in [5.41, 5.74) is 2.89. The topological polar surface area (TPSA) is 46.1 Å². The quantitative estimate of drug-likeness (QED) is 0.907. The maximum Gasteiger partial charge on any atom is 0.268 e. The van der Waals surface area contributed by atoms with E-state index in [1.54, 1.807) is 0 Å². The molecule has 110 valence electrons. The Balaban J connectivity index is 1.77. The molecule has 1 atom stereocenters. The zero-order valence-corrected chi connectivity index (χ0v) is 12.3. The van der Waals surface area contributed by atoms with Gasteiger partial charge in [-0.3, -0.25) is 4.79 Å². The van der Waals surface area contributed by atoms with E-state index < -0.39 is 0 Å². The molecule has 1 saturated heterocycles. The Morgan fingerprint density at radius 2 is 2.05 bits per heavy atom. The summed E-state index contributed by atoms with van der Waals surface area (Å²) in [6.45, 7) is 1.91. The number of amides is 1. The van der Waals surface area contributed by atoms with Gasteiger partial charge in [-0.05, 0) is 37.1 Å². The first-order valence-corrected chi connectivity index (χ1v) is 7.48. The molecule has 0 spiro atoms. The summed E-state index contributed by atoms with van der Waals surface area (Å²) < 4.78 is 1.96. The summed E-state index contributed by atoms with van der Waals surface area (Å²) in [7, 11) is 1.94. The average molecular weight is 283 g/mol. The van der Waals surface area contributed by atoms with Crippen molar-refractivity contribution in [3.8, 4) is 11.3 Å². The zero-order valence-electron chi connectivity index (χ0n) is 12.3. The molecular weight excluding hydrogens is 262 g/mol. The average Bonchev–Trinajstić information content (AvgIpc) is 2.91. The highest BCUT2D eigenvalue weighted by Gasteiger charge is 2.19. The molecule has 2 heterocycles. The molecule has 1 aliphatic rings. The largest absolute Gasteiger partial charge is 0.347 e. The number of benzene rings is 1. The van der Waals surface area contributed by atoms with Gasteiger partial charge in [-0.1, -0.05) is 30.3 Å². The van der Waals surface area contributed by atoms with Crippen LogP contribution in [0, 0.1) is 0 Å². The number of nitrogens with zero attached hydrogens (tertiary/aromatic N) is 1. The first-order valence-electron chi connectivity index (χ1n) is 7.48. The summed E-state index contributed by atoms with van der Waals surface area (Å²) in [6.07, 6.45) is 2.17. The van der Waals surface area contributed by atoms with Crippen molar-refractivity contribution in [2.75, 3.05) is 13.1 Å². The third-order valence-corrected chi connectivity index (χ3v) is 4.06. The third kappa shape index (κ3) is 3.00. The first kappa shape index (κ1) is 13.9. The van der Waals surface area contributed by atoms with Crippen molar-refractivity contribution >= 4 is 5.91 Å². The summed E-state index contributed by atoms with van der Waals surface area (Å²) in [5.74, 6) is 0.00776. The lowest BCUT2D eigenvalue weighted by Crippen LogP contribution is -2.45. The van der Waals surface area contributed by atoms with Gasteiger partial charge in [0.05, 0.1) is 0 Å². The van der Waals surface area contributed by atoms with Crippen LogP contribution in [0.25, 0.3) is 11.3 Å². The van der Waals surface area contributed by atoms with Gasteiger partial charge in [-0.15, -0.1) is 0 Å². The van der Waals surface area contributed by atoms with Crippen molar-refractivity contribution in [3.05, 3.63) is 48.2 Å². The molecule has 2 aromatic rings. The van der Waals surface area contributed by atoms with E-state index in [-0.39, 0.29) is 11.9 Å². The van der Waals surface area contributed by atoms with Crippen molar-refractivity contribution in [1.82, 2.24) is 15.2 Å². The maximum atomic E-state index is 12.4. The number of piperidine rings is 1. The minimum atomic E-state index is 0.00776. The second kappa shape index (κ2) is 6.14. The van der Waals surface area contributed by atoms with E-state index in [4.69, 9.17) is 0 Å². The molecular formula is C17H21N3O. The van der Waals surface area contributed by atoms with Gasteiger partial charge in [-0.25, -0.2) is 0 Å².